The molecule has 13 heavy (non-hydrogen) atoms. The van der Waals surface area contributed by atoms with Crippen molar-refractivity contribution in [1.82, 2.24) is 9.97 Å². The van der Waals surface area contributed by atoms with Crippen LogP contribution in [-0.4, -0.2) is 21.7 Å². The maximum atomic E-state index is 8.76. The van der Waals surface area contributed by atoms with Crippen LogP contribution >= 0.6 is 0 Å². The van der Waals surface area contributed by atoms with E-state index < -0.39 is 0 Å². The van der Waals surface area contributed by atoms with Gasteiger partial charge in [0.25, 0.3) is 0 Å². The summed E-state index contributed by atoms with van der Waals surface area (Å²) >= 11 is 0. The number of nitrogens with zero attached hydrogens (tertiary/aromatic N) is 1. The van der Waals surface area contributed by atoms with Crippen molar-refractivity contribution in [3.8, 4) is 0 Å². The van der Waals surface area contributed by atoms with Crippen LogP contribution in [0, 0.1) is 6.92 Å². The molecule has 0 radical (unpaired) electrons. The number of aliphatic hydroxyl groups is 1. The van der Waals surface area contributed by atoms with E-state index in [0.29, 0.717) is 6.42 Å². The maximum Gasteiger partial charge on any atom is 0.108 e. The number of imidazole rings is 1. The molecule has 0 bridgehead atoms. The minimum atomic E-state index is 0.0777. The van der Waals surface area contributed by atoms with E-state index in [4.69, 9.17) is 5.11 Å². The molecule has 1 rings (SSSR count). The number of aryl methyl sites for hydroxylation is 1. The van der Waals surface area contributed by atoms with Gasteiger partial charge < -0.3 is 10.1 Å². The molecule has 2 N–H and O–H groups in total. The SMILES string of the molecule is Cc1[nH]c(CCO)nc1C(C)(C)C. The molecule has 0 fully saturated rings. The minimum Gasteiger partial charge on any atom is -0.396 e. The van der Waals surface area contributed by atoms with E-state index in [1.54, 1.807) is 0 Å². The Labute approximate surface area is 79.2 Å². The molecule has 0 saturated heterocycles. The third-order valence-electron chi connectivity index (χ3n) is 1.99. The van der Waals surface area contributed by atoms with Gasteiger partial charge in [-0.15, -0.1) is 0 Å². The average Bonchev–Trinajstić information content (AvgIpc) is 2.30. The highest BCUT2D eigenvalue weighted by atomic mass is 16.3. The van der Waals surface area contributed by atoms with E-state index in [0.717, 1.165) is 17.2 Å². The van der Waals surface area contributed by atoms with E-state index in [1.165, 1.54) is 0 Å². The van der Waals surface area contributed by atoms with Gasteiger partial charge in [0, 0.05) is 17.5 Å². The van der Waals surface area contributed by atoms with Crippen LogP contribution < -0.4 is 0 Å². The number of rotatable bonds is 2. The number of hydrogen-bond acceptors (Lipinski definition) is 2. The largest absolute Gasteiger partial charge is 0.396 e. The monoisotopic (exact) mass is 182 g/mol. The second-order valence-electron chi connectivity index (χ2n) is 4.38. The first-order valence-corrected chi connectivity index (χ1v) is 4.62. The molecule has 3 heteroatoms. The maximum absolute atomic E-state index is 8.76. The van der Waals surface area contributed by atoms with Gasteiger partial charge in [0.15, 0.2) is 0 Å². The van der Waals surface area contributed by atoms with Gasteiger partial charge in [-0.3, -0.25) is 0 Å². The van der Waals surface area contributed by atoms with Crippen molar-refractivity contribution in [1.29, 1.82) is 0 Å². The van der Waals surface area contributed by atoms with Gasteiger partial charge in [0.2, 0.25) is 0 Å². The van der Waals surface area contributed by atoms with Gasteiger partial charge in [-0.2, -0.15) is 0 Å². The van der Waals surface area contributed by atoms with Crippen LogP contribution in [0.2, 0.25) is 0 Å². The lowest BCUT2D eigenvalue weighted by atomic mass is 9.91. The molecule has 74 valence electrons. The smallest absolute Gasteiger partial charge is 0.108 e. The molecule has 0 aliphatic rings. The summed E-state index contributed by atoms with van der Waals surface area (Å²) in [6.07, 6.45) is 0.608. The molecule has 0 aromatic carbocycles. The lowest BCUT2D eigenvalue weighted by molar-refractivity contribution is 0.297. The fourth-order valence-corrected chi connectivity index (χ4v) is 1.48. The lowest BCUT2D eigenvalue weighted by Gasteiger charge is -2.15. The van der Waals surface area contributed by atoms with Crippen molar-refractivity contribution in [2.24, 2.45) is 0 Å². The third-order valence-corrected chi connectivity index (χ3v) is 1.99. The summed E-state index contributed by atoms with van der Waals surface area (Å²) in [6.45, 7) is 8.59. The number of aliphatic hydroxyl groups excluding tert-OH is 1. The molecule has 1 aromatic rings. The van der Waals surface area contributed by atoms with Crippen LogP contribution in [0.1, 0.15) is 38.0 Å². The molecule has 0 unspecified atom stereocenters. The Balaban J connectivity index is 2.96. The Morgan fingerprint density at radius 1 is 1.38 bits per heavy atom. The quantitative estimate of drug-likeness (QED) is 0.729. The summed E-state index contributed by atoms with van der Waals surface area (Å²) in [5.74, 6) is 0.880. The van der Waals surface area contributed by atoms with E-state index in [2.05, 4.69) is 30.7 Å². The highest BCUT2D eigenvalue weighted by Gasteiger charge is 2.20. The van der Waals surface area contributed by atoms with Crippen molar-refractivity contribution < 1.29 is 5.11 Å². The summed E-state index contributed by atoms with van der Waals surface area (Å²) in [5.41, 5.74) is 2.28. The molecular formula is C10H18N2O. The van der Waals surface area contributed by atoms with Crippen molar-refractivity contribution in [3.05, 3.63) is 17.2 Å². The molecule has 0 saturated carbocycles. The summed E-state index contributed by atoms with van der Waals surface area (Å²) < 4.78 is 0. The molecule has 0 spiro atoms. The van der Waals surface area contributed by atoms with Crippen LogP contribution in [-0.2, 0) is 11.8 Å². The van der Waals surface area contributed by atoms with E-state index in [1.807, 2.05) is 6.92 Å². The van der Waals surface area contributed by atoms with E-state index in [9.17, 15) is 0 Å². The summed E-state index contributed by atoms with van der Waals surface area (Å²) in [5, 5.41) is 8.76. The van der Waals surface area contributed by atoms with Crippen LogP contribution in [0.15, 0.2) is 0 Å². The molecule has 0 aliphatic carbocycles. The topological polar surface area (TPSA) is 48.9 Å². The minimum absolute atomic E-state index is 0.0777. The number of aromatic nitrogens is 2. The van der Waals surface area contributed by atoms with Crippen molar-refractivity contribution in [3.63, 3.8) is 0 Å². The molecule has 0 amide bonds. The van der Waals surface area contributed by atoms with Gasteiger partial charge in [0.05, 0.1) is 12.3 Å². The molecule has 0 atom stereocenters. The molecular weight excluding hydrogens is 164 g/mol. The van der Waals surface area contributed by atoms with Crippen LogP contribution in [0.25, 0.3) is 0 Å². The Morgan fingerprint density at radius 3 is 2.38 bits per heavy atom. The number of hydrogen-bond donors (Lipinski definition) is 2. The fourth-order valence-electron chi connectivity index (χ4n) is 1.48. The first kappa shape index (κ1) is 10.3. The van der Waals surface area contributed by atoms with Crippen LogP contribution in [0.5, 0.6) is 0 Å². The van der Waals surface area contributed by atoms with Gasteiger partial charge in [-0.1, -0.05) is 20.8 Å². The summed E-state index contributed by atoms with van der Waals surface area (Å²) in [6, 6.07) is 0. The second-order valence-corrected chi connectivity index (χ2v) is 4.38. The van der Waals surface area contributed by atoms with Gasteiger partial charge in [-0.25, -0.2) is 4.98 Å². The van der Waals surface area contributed by atoms with Gasteiger partial charge >= 0.3 is 0 Å². The molecule has 1 aromatic heterocycles. The Bertz CT molecular complexity index is 284. The molecule has 3 nitrogen and oxygen atoms in total. The fraction of sp³-hybridized carbons (Fsp3) is 0.700. The first-order valence-electron chi connectivity index (χ1n) is 4.62. The predicted octanol–water partition coefficient (Wildman–Crippen LogP) is 1.55. The normalized spacial score (nSPS) is 12.1. The standard InChI is InChI=1S/C10H18N2O/c1-7-9(10(2,3)4)12-8(11-7)5-6-13/h13H,5-6H2,1-4H3,(H,11,12). The zero-order chi connectivity index (χ0) is 10.1. The number of nitrogens with one attached hydrogen (secondary N) is 1. The Kier molecular flexibility index (Phi) is 2.76. The number of H-pyrrole nitrogens is 1. The number of aromatic amines is 1. The van der Waals surface area contributed by atoms with Crippen LogP contribution in [0.3, 0.4) is 0 Å². The molecule has 0 aliphatic heterocycles. The van der Waals surface area contributed by atoms with Crippen molar-refractivity contribution >= 4 is 0 Å². The predicted molar refractivity (Wildman–Crippen MR) is 52.8 cm³/mol. The van der Waals surface area contributed by atoms with Crippen molar-refractivity contribution in [2.45, 2.75) is 39.5 Å². The lowest BCUT2D eigenvalue weighted by Crippen LogP contribution is -2.13. The van der Waals surface area contributed by atoms with E-state index in [-0.39, 0.29) is 12.0 Å². The van der Waals surface area contributed by atoms with E-state index >= 15 is 0 Å². The highest BCUT2D eigenvalue weighted by molar-refractivity contribution is 5.20. The Hall–Kier alpha value is -0.830. The average molecular weight is 182 g/mol. The van der Waals surface area contributed by atoms with Gasteiger partial charge in [0.1, 0.15) is 5.82 Å². The third kappa shape index (κ3) is 2.31. The molecule has 1 heterocycles. The summed E-state index contributed by atoms with van der Waals surface area (Å²) in [4.78, 5) is 7.64. The zero-order valence-corrected chi connectivity index (χ0v) is 8.81. The van der Waals surface area contributed by atoms with Crippen LogP contribution in [0.4, 0.5) is 0 Å². The second kappa shape index (κ2) is 3.50. The van der Waals surface area contributed by atoms with Crippen molar-refractivity contribution in [2.75, 3.05) is 6.61 Å². The first-order chi connectivity index (χ1) is 5.95. The summed E-state index contributed by atoms with van der Waals surface area (Å²) in [7, 11) is 0. The Morgan fingerprint density at radius 2 is 2.00 bits per heavy atom. The zero-order valence-electron chi connectivity index (χ0n) is 8.81. The highest BCUT2D eigenvalue weighted by Crippen LogP contribution is 2.23. The van der Waals surface area contributed by atoms with Gasteiger partial charge in [-0.05, 0) is 6.92 Å².